The van der Waals surface area contributed by atoms with Gasteiger partial charge in [0.25, 0.3) is 0 Å². The minimum Gasteiger partial charge on any atom is -0.370 e. The molecule has 0 unspecified atom stereocenters. The van der Waals surface area contributed by atoms with Crippen molar-refractivity contribution in [3.8, 4) is 0 Å². The van der Waals surface area contributed by atoms with Gasteiger partial charge in [-0.1, -0.05) is 26.7 Å². The average Bonchev–Trinajstić information content (AvgIpc) is 2.73. The molecule has 18 heavy (non-hydrogen) atoms. The van der Waals surface area contributed by atoms with Crippen molar-refractivity contribution in [1.82, 2.24) is 19.6 Å². The van der Waals surface area contributed by atoms with Gasteiger partial charge in [-0.15, -0.1) is 0 Å². The highest BCUT2D eigenvalue weighted by atomic mass is 16.1. The molecule has 2 aromatic rings. The SMILES string of the molecule is CCC(CC)CNc1cc2n[nH]c(=O)n2c(C)n1. The van der Waals surface area contributed by atoms with Crippen molar-refractivity contribution in [1.29, 1.82) is 0 Å². The van der Waals surface area contributed by atoms with E-state index in [1.807, 2.05) is 0 Å². The normalized spacial score (nSPS) is 11.3. The molecular formula is C12H19N5O. The Labute approximate surface area is 105 Å². The Hall–Kier alpha value is -1.85. The third-order valence-electron chi connectivity index (χ3n) is 3.30. The zero-order valence-electron chi connectivity index (χ0n) is 11.0. The number of aryl methyl sites for hydroxylation is 1. The number of H-pyrrole nitrogens is 1. The van der Waals surface area contributed by atoms with Crippen molar-refractivity contribution in [2.45, 2.75) is 33.6 Å². The molecule has 0 amide bonds. The summed E-state index contributed by atoms with van der Waals surface area (Å²) < 4.78 is 1.46. The first-order chi connectivity index (χ1) is 8.65. The zero-order chi connectivity index (χ0) is 13.1. The van der Waals surface area contributed by atoms with Gasteiger partial charge in [0.2, 0.25) is 0 Å². The van der Waals surface area contributed by atoms with Crippen LogP contribution in [0.4, 0.5) is 5.82 Å². The molecule has 0 saturated heterocycles. The smallest absolute Gasteiger partial charge is 0.349 e. The van der Waals surface area contributed by atoms with E-state index < -0.39 is 0 Å². The van der Waals surface area contributed by atoms with Crippen LogP contribution in [0.1, 0.15) is 32.5 Å². The zero-order valence-corrected chi connectivity index (χ0v) is 11.0. The molecule has 2 heterocycles. The molecule has 0 aromatic carbocycles. The molecule has 0 fully saturated rings. The molecular weight excluding hydrogens is 230 g/mol. The number of hydrogen-bond acceptors (Lipinski definition) is 4. The Bertz CT molecular complexity index is 582. The van der Waals surface area contributed by atoms with Crippen LogP contribution in [0.25, 0.3) is 5.65 Å². The Morgan fingerprint density at radius 3 is 2.83 bits per heavy atom. The van der Waals surface area contributed by atoms with E-state index >= 15 is 0 Å². The maximum atomic E-state index is 11.5. The molecule has 2 N–H and O–H groups in total. The summed E-state index contributed by atoms with van der Waals surface area (Å²) >= 11 is 0. The second-order valence-corrected chi connectivity index (χ2v) is 4.47. The number of fused-ring (bicyclic) bond motifs is 1. The molecule has 0 atom stereocenters. The van der Waals surface area contributed by atoms with Crippen LogP contribution >= 0.6 is 0 Å². The minimum atomic E-state index is -0.249. The second-order valence-electron chi connectivity index (χ2n) is 4.47. The molecule has 2 aromatic heterocycles. The first-order valence-corrected chi connectivity index (χ1v) is 6.34. The van der Waals surface area contributed by atoms with Crippen molar-refractivity contribution in [3.05, 3.63) is 22.4 Å². The molecule has 0 bridgehead atoms. The largest absolute Gasteiger partial charge is 0.370 e. The fourth-order valence-electron chi connectivity index (χ4n) is 2.01. The summed E-state index contributed by atoms with van der Waals surface area (Å²) in [6, 6.07) is 1.78. The van der Waals surface area contributed by atoms with E-state index in [0.29, 0.717) is 17.4 Å². The summed E-state index contributed by atoms with van der Waals surface area (Å²) in [6.45, 7) is 7.06. The Kier molecular flexibility index (Phi) is 3.64. The second kappa shape index (κ2) is 5.20. The van der Waals surface area contributed by atoms with Gasteiger partial charge in [-0.2, -0.15) is 5.10 Å². The number of nitrogens with zero attached hydrogens (tertiary/aromatic N) is 3. The van der Waals surface area contributed by atoms with Crippen molar-refractivity contribution in [3.63, 3.8) is 0 Å². The van der Waals surface area contributed by atoms with Crippen molar-refractivity contribution in [2.24, 2.45) is 5.92 Å². The number of hydrogen-bond donors (Lipinski definition) is 2. The van der Waals surface area contributed by atoms with Gasteiger partial charge in [0, 0.05) is 12.6 Å². The van der Waals surface area contributed by atoms with Gasteiger partial charge in [-0.25, -0.2) is 19.3 Å². The number of aromatic nitrogens is 4. The number of nitrogens with one attached hydrogen (secondary N) is 2. The highest BCUT2D eigenvalue weighted by Crippen LogP contribution is 2.11. The Morgan fingerprint density at radius 1 is 1.44 bits per heavy atom. The predicted octanol–water partition coefficient (Wildman–Crippen LogP) is 1.57. The van der Waals surface area contributed by atoms with E-state index in [9.17, 15) is 4.79 Å². The Morgan fingerprint density at radius 2 is 2.17 bits per heavy atom. The van der Waals surface area contributed by atoms with Crippen molar-refractivity contribution < 1.29 is 0 Å². The van der Waals surface area contributed by atoms with Crippen molar-refractivity contribution in [2.75, 3.05) is 11.9 Å². The molecule has 6 nitrogen and oxygen atoms in total. The van der Waals surface area contributed by atoms with E-state index in [0.717, 1.165) is 25.2 Å². The third-order valence-corrected chi connectivity index (χ3v) is 3.30. The first-order valence-electron chi connectivity index (χ1n) is 6.34. The van der Waals surface area contributed by atoms with Crippen LogP contribution in [0.2, 0.25) is 0 Å². The van der Waals surface area contributed by atoms with E-state index in [1.54, 1.807) is 13.0 Å². The van der Waals surface area contributed by atoms with Gasteiger partial charge in [-0.05, 0) is 12.8 Å². The van der Waals surface area contributed by atoms with E-state index in [2.05, 4.69) is 34.3 Å². The van der Waals surface area contributed by atoms with Crippen LogP contribution in [-0.4, -0.2) is 26.1 Å². The van der Waals surface area contributed by atoms with E-state index in [-0.39, 0.29) is 5.69 Å². The number of anilines is 1. The Balaban J connectivity index is 2.22. The standard InChI is InChI=1S/C12H19N5O/c1-4-9(5-2)7-13-10-6-11-15-16-12(18)17(11)8(3)14-10/h6,9,13H,4-5,7H2,1-3H3,(H,16,18). The fourth-order valence-corrected chi connectivity index (χ4v) is 2.01. The lowest BCUT2D eigenvalue weighted by molar-refractivity contribution is 0.518. The van der Waals surface area contributed by atoms with E-state index in [4.69, 9.17) is 0 Å². The average molecular weight is 249 g/mol. The third kappa shape index (κ3) is 2.37. The highest BCUT2D eigenvalue weighted by Gasteiger charge is 2.08. The van der Waals surface area contributed by atoms with Gasteiger partial charge < -0.3 is 5.32 Å². The quantitative estimate of drug-likeness (QED) is 0.843. The molecule has 0 radical (unpaired) electrons. The summed E-state index contributed by atoms with van der Waals surface area (Å²) in [5.41, 5.74) is 0.348. The maximum absolute atomic E-state index is 11.5. The molecule has 0 aliphatic heterocycles. The summed E-state index contributed by atoms with van der Waals surface area (Å²) in [5, 5.41) is 9.68. The monoisotopic (exact) mass is 249 g/mol. The summed E-state index contributed by atoms with van der Waals surface area (Å²) in [4.78, 5) is 15.8. The maximum Gasteiger partial charge on any atom is 0.349 e. The number of rotatable bonds is 5. The van der Waals surface area contributed by atoms with E-state index in [1.165, 1.54) is 4.40 Å². The fraction of sp³-hybridized carbons (Fsp3) is 0.583. The van der Waals surface area contributed by atoms with Gasteiger partial charge in [-0.3, -0.25) is 0 Å². The first kappa shape index (κ1) is 12.6. The molecule has 2 rings (SSSR count). The molecule has 0 saturated carbocycles. The van der Waals surface area contributed by atoms with Gasteiger partial charge in [0.15, 0.2) is 5.65 Å². The summed E-state index contributed by atoms with van der Waals surface area (Å²) in [5.74, 6) is 2.05. The van der Waals surface area contributed by atoms with Gasteiger partial charge in [0.05, 0.1) is 0 Å². The van der Waals surface area contributed by atoms with Crippen molar-refractivity contribution >= 4 is 11.5 Å². The topological polar surface area (TPSA) is 75.1 Å². The highest BCUT2D eigenvalue weighted by molar-refractivity contribution is 5.49. The molecule has 0 spiro atoms. The van der Waals surface area contributed by atoms with Crippen LogP contribution in [0.15, 0.2) is 10.9 Å². The summed E-state index contributed by atoms with van der Waals surface area (Å²) in [6.07, 6.45) is 2.29. The number of aromatic amines is 1. The molecule has 6 heteroatoms. The molecule has 0 aliphatic rings. The van der Waals surface area contributed by atoms with Crippen LogP contribution in [0, 0.1) is 12.8 Å². The van der Waals surface area contributed by atoms with Crippen LogP contribution in [0.3, 0.4) is 0 Å². The predicted molar refractivity (Wildman–Crippen MR) is 70.9 cm³/mol. The lowest BCUT2D eigenvalue weighted by atomic mass is 10.0. The van der Waals surface area contributed by atoms with Crippen LogP contribution in [0.5, 0.6) is 0 Å². The molecule has 98 valence electrons. The lowest BCUT2D eigenvalue weighted by Crippen LogP contribution is -2.16. The van der Waals surface area contributed by atoms with Crippen LogP contribution in [-0.2, 0) is 0 Å². The summed E-state index contributed by atoms with van der Waals surface area (Å²) in [7, 11) is 0. The van der Waals surface area contributed by atoms with Crippen LogP contribution < -0.4 is 11.0 Å². The van der Waals surface area contributed by atoms with Gasteiger partial charge in [0.1, 0.15) is 11.6 Å². The molecule has 0 aliphatic carbocycles. The minimum absolute atomic E-state index is 0.249. The van der Waals surface area contributed by atoms with Gasteiger partial charge >= 0.3 is 5.69 Å². The lowest BCUT2D eigenvalue weighted by Gasteiger charge is -2.14.